The van der Waals surface area contributed by atoms with Crippen LogP contribution in [0.25, 0.3) is 0 Å². The summed E-state index contributed by atoms with van der Waals surface area (Å²) >= 11 is 0. The average Bonchev–Trinajstić information content (AvgIpc) is 2.82. The monoisotopic (exact) mass is 246 g/mol. The third-order valence-corrected chi connectivity index (χ3v) is 4.03. The van der Waals surface area contributed by atoms with E-state index < -0.39 is 0 Å². The van der Waals surface area contributed by atoms with Gasteiger partial charge >= 0.3 is 0 Å². The van der Waals surface area contributed by atoms with Crippen molar-refractivity contribution in [2.45, 2.75) is 52.1 Å². The van der Waals surface area contributed by atoms with Crippen molar-refractivity contribution in [1.29, 1.82) is 0 Å². The molecule has 1 heterocycles. The Morgan fingerprint density at radius 2 is 2.11 bits per heavy atom. The van der Waals surface area contributed by atoms with Crippen LogP contribution < -0.4 is 10.2 Å². The minimum absolute atomic E-state index is 0.485. The highest BCUT2D eigenvalue weighted by Gasteiger charge is 2.24. The van der Waals surface area contributed by atoms with E-state index in [1.165, 1.54) is 30.6 Å². The van der Waals surface area contributed by atoms with Crippen LogP contribution in [0.15, 0.2) is 24.3 Å². The van der Waals surface area contributed by atoms with Crippen molar-refractivity contribution in [2.24, 2.45) is 0 Å². The highest BCUT2D eigenvalue weighted by Crippen LogP contribution is 2.32. The molecule has 18 heavy (non-hydrogen) atoms. The first-order valence-electron chi connectivity index (χ1n) is 7.36. The van der Waals surface area contributed by atoms with Crippen LogP contribution in [0, 0.1) is 0 Å². The smallest absolute Gasteiger partial charge is 0.0417 e. The second-order valence-corrected chi connectivity index (χ2v) is 5.26. The Morgan fingerprint density at radius 1 is 1.33 bits per heavy atom. The standard InChI is InChI=1S/C16H26N2/c1-4-15(17-5-2)14-10-6-7-11-16(14)18-12-8-9-13(18)3/h6-7,10-11,13,15,17H,4-5,8-9,12H2,1-3H3. The predicted molar refractivity (Wildman–Crippen MR) is 79.2 cm³/mol. The van der Waals surface area contributed by atoms with E-state index in [4.69, 9.17) is 0 Å². The van der Waals surface area contributed by atoms with Crippen LogP contribution >= 0.6 is 0 Å². The number of rotatable bonds is 5. The van der Waals surface area contributed by atoms with Gasteiger partial charge in [0.15, 0.2) is 0 Å². The first-order valence-corrected chi connectivity index (χ1v) is 7.36. The van der Waals surface area contributed by atoms with Crippen LogP contribution in [0.5, 0.6) is 0 Å². The zero-order chi connectivity index (χ0) is 13.0. The minimum Gasteiger partial charge on any atom is -0.369 e. The van der Waals surface area contributed by atoms with Gasteiger partial charge in [-0.25, -0.2) is 0 Å². The zero-order valence-corrected chi connectivity index (χ0v) is 11.9. The van der Waals surface area contributed by atoms with Crippen LogP contribution in [-0.2, 0) is 0 Å². The van der Waals surface area contributed by atoms with Gasteiger partial charge in [0.25, 0.3) is 0 Å². The Balaban J connectivity index is 2.29. The highest BCUT2D eigenvalue weighted by atomic mass is 15.2. The van der Waals surface area contributed by atoms with Gasteiger partial charge in [-0.15, -0.1) is 0 Å². The maximum atomic E-state index is 3.60. The fraction of sp³-hybridized carbons (Fsp3) is 0.625. The summed E-state index contributed by atoms with van der Waals surface area (Å²) in [4.78, 5) is 2.58. The van der Waals surface area contributed by atoms with Crippen LogP contribution in [0.1, 0.15) is 51.6 Å². The Hall–Kier alpha value is -1.02. The zero-order valence-electron chi connectivity index (χ0n) is 11.9. The Labute approximate surface area is 111 Å². The Bertz CT molecular complexity index is 375. The van der Waals surface area contributed by atoms with Crippen LogP contribution in [0.2, 0.25) is 0 Å². The summed E-state index contributed by atoms with van der Waals surface area (Å²) < 4.78 is 0. The van der Waals surface area contributed by atoms with Crippen molar-refractivity contribution in [3.05, 3.63) is 29.8 Å². The molecule has 1 aromatic carbocycles. The normalized spacial score (nSPS) is 21.3. The lowest BCUT2D eigenvalue weighted by Gasteiger charge is -2.29. The summed E-state index contributed by atoms with van der Waals surface area (Å²) in [7, 11) is 0. The van der Waals surface area contributed by atoms with Gasteiger partial charge in [0.1, 0.15) is 0 Å². The Morgan fingerprint density at radius 3 is 2.72 bits per heavy atom. The number of para-hydroxylation sites is 1. The molecule has 1 N–H and O–H groups in total. The molecule has 0 amide bonds. The first kappa shape index (κ1) is 13.4. The predicted octanol–water partition coefficient (Wildman–Crippen LogP) is 3.74. The third-order valence-electron chi connectivity index (χ3n) is 4.03. The number of hydrogen-bond donors (Lipinski definition) is 1. The molecule has 0 radical (unpaired) electrons. The summed E-state index contributed by atoms with van der Waals surface area (Å²) in [6, 6.07) is 10.1. The van der Waals surface area contributed by atoms with E-state index in [-0.39, 0.29) is 0 Å². The third kappa shape index (κ3) is 2.69. The molecule has 1 aliphatic heterocycles. The molecule has 0 spiro atoms. The molecular formula is C16H26N2. The summed E-state index contributed by atoms with van der Waals surface area (Å²) in [5, 5.41) is 3.60. The number of nitrogens with zero attached hydrogens (tertiary/aromatic N) is 1. The van der Waals surface area contributed by atoms with Gasteiger partial charge < -0.3 is 10.2 Å². The lowest BCUT2D eigenvalue weighted by atomic mass is 10.0. The summed E-state index contributed by atoms with van der Waals surface area (Å²) in [5.74, 6) is 0. The van der Waals surface area contributed by atoms with Crippen molar-refractivity contribution in [3.63, 3.8) is 0 Å². The lowest BCUT2D eigenvalue weighted by Crippen LogP contribution is -2.29. The molecule has 2 heteroatoms. The SMILES string of the molecule is CCNC(CC)c1ccccc1N1CCCC1C. The maximum Gasteiger partial charge on any atom is 0.0417 e. The Kier molecular flexibility index (Phi) is 4.65. The quantitative estimate of drug-likeness (QED) is 0.851. The molecule has 0 saturated carbocycles. The van der Waals surface area contributed by atoms with Gasteiger partial charge in [-0.05, 0) is 44.4 Å². The van der Waals surface area contributed by atoms with Crippen molar-refractivity contribution in [3.8, 4) is 0 Å². The van der Waals surface area contributed by atoms with E-state index in [1.54, 1.807) is 0 Å². The number of benzene rings is 1. The fourth-order valence-corrected chi connectivity index (χ4v) is 3.06. The molecule has 0 aromatic heterocycles. The van der Waals surface area contributed by atoms with Gasteiger partial charge in [-0.2, -0.15) is 0 Å². The topological polar surface area (TPSA) is 15.3 Å². The van der Waals surface area contributed by atoms with Crippen molar-refractivity contribution < 1.29 is 0 Å². The van der Waals surface area contributed by atoms with E-state index in [9.17, 15) is 0 Å². The van der Waals surface area contributed by atoms with E-state index in [2.05, 4.69) is 55.3 Å². The molecule has 2 atom stereocenters. The highest BCUT2D eigenvalue weighted by molar-refractivity contribution is 5.56. The van der Waals surface area contributed by atoms with E-state index in [0.717, 1.165) is 13.0 Å². The van der Waals surface area contributed by atoms with Crippen LogP contribution in [0.3, 0.4) is 0 Å². The molecule has 2 nitrogen and oxygen atoms in total. The lowest BCUT2D eigenvalue weighted by molar-refractivity contribution is 0.535. The maximum absolute atomic E-state index is 3.60. The second kappa shape index (κ2) is 6.24. The summed E-state index contributed by atoms with van der Waals surface area (Å²) in [6.45, 7) is 9.03. The molecule has 1 saturated heterocycles. The van der Waals surface area contributed by atoms with Crippen molar-refractivity contribution >= 4 is 5.69 Å². The number of nitrogens with one attached hydrogen (secondary N) is 1. The van der Waals surface area contributed by atoms with E-state index in [1.807, 2.05) is 0 Å². The van der Waals surface area contributed by atoms with Gasteiger partial charge in [0, 0.05) is 24.3 Å². The van der Waals surface area contributed by atoms with E-state index >= 15 is 0 Å². The van der Waals surface area contributed by atoms with Gasteiger partial charge in [0.2, 0.25) is 0 Å². The number of hydrogen-bond acceptors (Lipinski definition) is 2. The van der Waals surface area contributed by atoms with Crippen molar-refractivity contribution in [2.75, 3.05) is 18.0 Å². The largest absolute Gasteiger partial charge is 0.369 e. The molecule has 2 unspecified atom stereocenters. The second-order valence-electron chi connectivity index (χ2n) is 5.26. The average molecular weight is 246 g/mol. The van der Waals surface area contributed by atoms with Crippen LogP contribution in [0.4, 0.5) is 5.69 Å². The molecular weight excluding hydrogens is 220 g/mol. The molecule has 1 aliphatic rings. The van der Waals surface area contributed by atoms with Gasteiger partial charge in [-0.1, -0.05) is 32.0 Å². The molecule has 2 rings (SSSR count). The minimum atomic E-state index is 0.485. The van der Waals surface area contributed by atoms with Gasteiger partial charge in [-0.3, -0.25) is 0 Å². The van der Waals surface area contributed by atoms with Crippen LogP contribution in [-0.4, -0.2) is 19.1 Å². The number of anilines is 1. The molecule has 1 aromatic rings. The summed E-state index contributed by atoms with van der Waals surface area (Å²) in [6.07, 6.45) is 3.80. The summed E-state index contributed by atoms with van der Waals surface area (Å²) in [5.41, 5.74) is 2.91. The van der Waals surface area contributed by atoms with Crippen molar-refractivity contribution in [1.82, 2.24) is 5.32 Å². The van der Waals surface area contributed by atoms with E-state index in [0.29, 0.717) is 12.1 Å². The molecule has 100 valence electrons. The fourth-order valence-electron chi connectivity index (χ4n) is 3.06. The first-order chi connectivity index (χ1) is 8.77. The molecule has 0 bridgehead atoms. The van der Waals surface area contributed by atoms with Gasteiger partial charge in [0.05, 0.1) is 0 Å². The molecule has 1 fully saturated rings. The molecule has 0 aliphatic carbocycles.